The predicted molar refractivity (Wildman–Crippen MR) is 78.3 cm³/mol. The van der Waals surface area contributed by atoms with Crippen molar-refractivity contribution in [1.29, 1.82) is 0 Å². The number of hydrogen-bond acceptors (Lipinski definition) is 4. The highest BCUT2D eigenvalue weighted by Gasteiger charge is 2.47. The minimum atomic E-state index is -0.122. The predicted octanol–water partition coefficient (Wildman–Crippen LogP) is 0.230. The molecule has 2 atom stereocenters. The number of nitrogens with one attached hydrogen (secondary N) is 1. The summed E-state index contributed by atoms with van der Waals surface area (Å²) in [5.74, 6) is -0.391. The molecule has 1 aliphatic heterocycles. The molecular formula is C15H25N3O3. The molecule has 1 heterocycles. The Morgan fingerprint density at radius 1 is 1.24 bits per heavy atom. The third-order valence-corrected chi connectivity index (χ3v) is 4.60. The highest BCUT2D eigenvalue weighted by atomic mass is 16.2. The number of amides is 3. The second-order valence-electron chi connectivity index (χ2n) is 5.99. The number of nitrogens with zero attached hydrogens (tertiary/aromatic N) is 2. The van der Waals surface area contributed by atoms with Crippen LogP contribution in [0.2, 0.25) is 0 Å². The van der Waals surface area contributed by atoms with Crippen LogP contribution in [0.1, 0.15) is 32.1 Å². The fraction of sp³-hybridized carbons (Fsp3) is 0.800. The van der Waals surface area contributed by atoms with Crippen LogP contribution in [0.25, 0.3) is 0 Å². The minimum Gasteiger partial charge on any atom is -0.344 e. The summed E-state index contributed by atoms with van der Waals surface area (Å²) < 4.78 is 0. The third-order valence-electron chi connectivity index (χ3n) is 4.60. The van der Waals surface area contributed by atoms with Crippen molar-refractivity contribution in [1.82, 2.24) is 15.1 Å². The third kappa shape index (κ3) is 3.43. The van der Waals surface area contributed by atoms with Crippen molar-refractivity contribution >= 4 is 17.7 Å². The van der Waals surface area contributed by atoms with Crippen LogP contribution in [0.3, 0.4) is 0 Å². The van der Waals surface area contributed by atoms with Gasteiger partial charge in [0.15, 0.2) is 0 Å². The summed E-state index contributed by atoms with van der Waals surface area (Å²) in [4.78, 5) is 39.5. The topological polar surface area (TPSA) is 69.7 Å². The smallest absolute Gasteiger partial charge is 0.233 e. The molecule has 3 amide bonds. The largest absolute Gasteiger partial charge is 0.344 e. The molecule has 0 radical (unpaired) electrons. The molecule has 0 spiro atoms. The van der Waals surface area contributed by atoms with Crippen molar-refractivity contribution < 1.29 is 14.4 Å². The van der Waals surface area contributed by atoms with E-state index in [2.05, 4.69) is 5.32 Å². The van der Waals surface area contributed by atoms with Crippen molar-refractivity contribution in [3.05, 3.63) is 0 Å². The zero-order chi connectivity index (χ0) is 15.4. The number of hydrogen-bond donors (Lipinski definition) is 1. The molecule has 21 heavy (non-hydrogen) atoms. The van der Waals surface area contributed by atoms with Gasteiger partial charge in [-0.15, -0.1) is 0 Å². The second kappa shape index (κ2) is 7.02. The number of likely N-dealkylation sites (N-methyl/N-ethyl adjacent to an activating group) is 2. The monoisotopic (exact) mass is 295 g/mol. The molecule has 1 aliphatic carbocycles. The molecule has 118 valence electrons. The first-order valence-corrected chi connectivity index (χ1v) is 7.80. The van der Waals surface area contributed by atoms with E-state index in [9.17, 15) is 14.4 Å². The van der Waals surface area contributed by atoms with E-state index in [1.165, 1.54) is 4.90 Å². The molecule has 2 aliphatic rings. The number of likely N-dealkylation sites (tertiary alicyclic amines) is 1. The van der Waals surface area contributed by atoms with Crippen molar-refractivity contribution in [3.63, 3.8) is 0 Å². The summed E-state index contributed by atoms with van der Waals surface area (Å²) in [5.41, 5.74) is 0. The van der Waals surface area contributed by atoms with Gasteiger partial charge in [-0.25, -0.2) is 0 Å². The first-order valence-electron chi connectivity index (χ1n) is 7.80. The summed E-state index contributed by atoms with van der Waals surface area (Å²) in [7, 11) is 3.58. The van der Waals surface area contributed by atoms with E-state index in [1.54, 1.807) is 11.9 Å². The zero-order valence-electron chi connectivity index (χ0n) is 12.9. The van der Waals surface area contributed by atoms with Crippen LogP contribution >= 0.6 is 0 Å². The Bertz CT molecular complexity index is 400. The summed E-state index contributed by atoms with van der Waals surface area (Å²) in [6, 6.07) is 0. The van der Waals surface area contributed by atoms with E-state index in [1.807, 2.05) is 7.05 Å². The van der Waals surface area contributed by atoms with Crippen molar-refractivity contribution in [3.8, 4) is 0 Å². The number of carbonyl (C=O) groups excluding carboxylic acids is 3. The van der Waals surface area contributed by atoms with Crippen LogP contribution < -0.4 is 5.32 Å². The molecule has 2 fully saturated rings. The molecule has 6 nitrogen and oxygen atoms in total. The number of carbonyl (C=O) groups is 3. The van der Waals surface area contributed by atoms with Gasteiger partial charge in [0.05, 0.1) is 11.8 Å². The van der Waals surface area contributed by atoms with Gasteiger partial charge in [-0.05, 0) is 19.9 Å². The molecule has 1 saturated heterocycles. The van der Waals surface area contributed by atoms with E-state index in [0.29, 0.717) is 6.54 Å². The molecule has 1 saturated carbocycles. The Morgan fingerprint density at radius 2 is 1.81 bits per heavy atom. The average Bonchev–Trinajstić information content (AvgIpc) is 2.74. The number of fused-ring (bicyclic) bond motifs is 1. The van der Waals surface area contributed by atoms with E-state index >= 15 is 0 Å². The lowest BCUT2D eigenvalue weighted by atomic mass is 9.81. The molecule has 2 unspecified atom stereocenters. The molecule has 6 heteroatoms. The maximum atomic E-state index is 12.3. The van der Waals surface area contributed by atoms with E-state index in [-0.39, 0.29) is 42.5 Å². The van der Waals surface area contributed by atoms with Crippen LogP contribution in [0.15, 0.2) is 0 Å². The fourth-order valence-electron chi connectivity index (χ4n) is 3.25. The van der Waals surface area contributed by atoms with Gasteiger partial charge in [-0.2, -0.15) is 0 Å². The van der Waals surface area contributed by atoms with Crippen LogP contribution in [-0.4, -0.2) is 61.3 Å². The quantitative estimate of drug-likeness (QED) is 0.712. The van der Waals surface area contributed by atoms with E-state index in [4.69, 9.17) is 0 Å². The zero-order valence-corrected chi connectivity index (χ0v) is 12.9. The van der Waals surface area contributed by atoms with Crippen molar-refractivity contribution in [2.45, 2.75) is 32.1 Å². The standard InChI is InChI=1S/C15H25N3O3/c1-16-8-10-17(2)13(19)7-9-18-14(20)11-5-3-4-6-12(11)15(18)21/h11-12,16H,3-10H2,1-2H3. The van der Waals surface area contributed by atoms with E-state index < -0.39 is 0 Å². The summed E-state index contributed by atoms with van der Waals surface area (Å²) in [6.07, 6.45) is 3.92. The van der Waals surface area contributed by atoms with Gasteiger partial charge in [-0.3, -0.25) is 19.3 Å². The average molecular weight is 295 g/mol. The molecule has 0 aromatic heterocycles. The van der Waals surface area contributed by atoms with Crippen LogP contribution in [-0.2, 0) is 14.4 Å². The Balaban J connectivity index is 1.86. The lowest BCUT2D eigenvalue weighted by Crippen LogP contribution is -2.37. The second-order valence-corrected chi connectivity index (χ2v) is 5.99. The highest BCUT2D eigenvalue weighted by Crippen LogP contribution is 2.37. The first kappa shape index (κ1) is 15.9. The SMILES string of the molecule is CNCCN(C)C(=O)CCN1C(=O)C2CCCCC2C1=O. The Hall–Kier alpha value is -1.43. The van der Waals surface area contributed by atoms with Crippen LogP contribution in [0.4, 0.5) is 0 Å². The normalized spacial score (nSPS) is 25.1. The maximum Gasteiger partial charge on any atom is 0.233 e. The molecule has 0 aromatic rings. The van der Waals surface area contributed by atoms with Crippen molar-refractivity contribution in [2.75, 3.05) is 33.7 Å². The summed E-state index contributed by atoms with van der Waals surface area (Å²) >= 11 is 0. The highest BCUT2D eigenvalue weighted by molar-refractivity contribution is 6.05. The Morgan fingerprint density at radius 3 is 2.33 bits per heavy atom. The Labute approximate surface area is 125 Å². The van der Waals surface area contributed by atoms with Crippen LogP contribution in [0.5, 0.6) is 0 Å². The van der Waals surface area contributed by atoms with Crippen LogP contribution in [0, 0.1) is 11.8 Å². The maximum absolute atomic E-state index is 12.3. The van der Waals surface area contributed by atoms with Gasteiger partial charge >= 0.3 is 0 Å². The van der Waals surface area contributed by atoms with Crippen molar-refractivity contribution in [2.24, 2.45) is 11.8 Å². The summed E-state index contributed by atoms with van der Waals surface area (Å²) in [5, 5.41) is 2.99. The molecule has 0 bridgehead atoms. The minimum absolute atomic E-state index is 0.0271. The van der Waals surface area contributed by atoms with Gasteiger partial charge in [0.2, 0.25) is 17.7 Å². The van der Waals surface area contributed by atoms with Gasteiger partial charge in [0.25, 0.3) is 0 Å². The van der Waals surface area contributed by atoms with E-state index in [0.717, 1.165) is 32.2 Å². The van der Waals surface area contributed by atoms with Gasteiger partial charge < -0.3 is 10.2 Å². The molecule has 0 aromatic carbocycles. The lowest BCUT2D eigenvalue weighted by Gasteiger charge is -2.19. The number of imide groups is 1. The van der Waals surface area contributed by atoms with Gasteiger partial charge in [-0.1, -0.05) is 12.8 Å². The first-order chi connectivity index (χ1) is 10.1. The molecule has 1 N–H and O–H groups in total. The summed E-state index contributed by atoms with van der Waals surface area (Å²) in [6.45, 7) is 1.59. The number of rotatable bonds is 6. The van der Waals surface area contributed by atoms with Gasteiger partial charge in [0.1, 0.15) is 0 Å². The lowest BCUT2D eigenvalue weighted by molar-refractivity contribution is -0.140. The van der Waals surface area contributed by atoms with Gasteiger partial charge in [0, 0.05) is 33.1 Å². The molecule has 2 rings (SSSR count). The Kier molecular flexibility index (Phi) is 5.33. The molecular weight excluding hydrogens is 270 g/mol. The fourth-order valence-corrected chi connectivity index (χ4v) is 3.25.